The van der Waals surface area contributed by atoms with Crippen molar-refractivity contribution in [2.45, 2.75) is 57.3 Å². The lowest BCUT2D eigenvalue weighted by atomic mass is 9.80. The Kier molecular flexibility index (Phi) is 7.33. The Bertz CT molecular complexity index is 915. The standard InChI is InChI=1S/C25H31ClN2O4/c1-3-30-20-15-22(18-8-6-5-7-9-18)32-25(16-20)10-12-28(13-11-25)24(29)21-14-19(26)17-27-23(21)31-4-2/h5-9,14,17,20,22H,3-4,10-13,15-16H2,1-2H3/t20-,22-/m0/s1. The van der Waals surface area contributed by atoms with Crippen LogP contribution in [-0.4, -0.2) is 53.8 Å². The Morgan fingerprint density at radius 3 is 2.66 bits per heavy atom. The zero-order valence-corrected chi connectivity index (χ0v) is 19.5. The van der Waals surface area contributed by atoms with E-state index in [9.17, 15) is 4.79 Å². The van der Waals surface area contributed by atoms with Crippen molar-refractivity contribution in [2.75, 3.05) is 26.3 Å². The van der Waals surface area contributed by atoms with E-state index in [-0.39, 0.29) is 23.7 Å². The van der Waals surface area contributed by atoms with Crippen molar-refractivity contribution in [3.8, 4) is 5.88 Å². The minimum absolute atomic E-state index is 0.00504. The second kappa shape index (κ2) is 10.2. The van der Waals surface area contributed by atoms with Crippen molar-refractivity contribution in [1.82, 2.24) is 9.88 Å². The second-order valence-electron chi connectivity index (χ2n) is 8.45. The molecule has 6 nitrogen and oxygen atoms in total. The Morgan fingerprint density at radius 2 is 1.97 bits per heavy atom. The fraction of sp³-hybridized carbons (Fsp3) is 0.520. The van der Waals surface area contributed by atoms with Gasteiger partial charge in [-0.25, -0.2) is 4.98 Å². The van der Waals surface area contributed by atoms with Gasteiger partial charge in [-0.2, -0.15) is 0 Å². The lowest BCUT2D eigenvalue weighted by Gasteiger charge is -2.48. The van der Waals surface area contributed by atoms with Gasteiger partial charge in [0.1, 0.15) is 5.56 Å². The van der Waals surface area contributed by atoms with E-state index in [1.54, 1.807) is 6.07 Å². The normalized spacial score (nSPS) is 22.7. The van der Waals surface area contributed by atoms with Crippen molar-refractivity contribution >= 4 is 17.5 Å². The first-order valence-electron chi connectivity index (χ1n) is 11.5. The number of carbonyl (C=O) groups is 1. The first-order valence-corrected chi connectivity index (χ1v) is 11.8. The fourth-order valence-corrected chi connectivity index (χ4v) is 4.97. The molecular formula is C25H31ClN2O4. The van der Waals surface area contributed by atoms with E-state index in [1.165, 1.54) is 11.8 Å². The molecule has 32 heavy (non-hydrogen) atoms. The number of benzene rings is 1. The maximum atomic E-state index is 13.3. The Labute approximate surface area is 194 Å². The van der Waals surface area contributed by atoms with E-state index >= 15 is 0 Å². The lowest BCUT2D eigenvalue weighted by Crippen LogP contribution is -2.52. The Morgan fingerprint density at radius 1 is 1.22 bits per heavy atom. The molecule has 2 aliphatic heterocycles. The van der Waals surface area contributed by atoms with E-state index in [4.69, 9.17) is 25.8 Å². The highest BCUT2D eigenvalue weighted by Gasteiger charge is 2.45. The van der Waals surface area contributed by atoms with Crippen molar-refractivity contribution in [1.29, 1.82) is 0 Å². The zero-order chi connectivity index (χ0) is 22.6. The van der Waals surface area contributed by atoms with Crippen LogP contribution in [0.4, 0.5) is 0 Å². The third-order valence-corrected chi connectivity index (χ3v) is 6.54. The molecule has 1 amide bonds. The van der Waals surface area contributed by atoms with Gasteiger partial charge in [0.05, 0.1) is 29.4 Å². The molecule has 4 rings (SSSR count). The summed E-state index contributed by atoms with van der Waals surface area (Å²) in [5.74, 6) is 0.228. The molecule has 0 bridgehead atoms. The minimum Gasteiger partial charge on any atom is -0.477 e. The number of piperidine rings is 1. The van der Waals surface area contributed by atoms with Gasteiger partial charge in [-0.1, -0.05) is 41.9 Å². The summed E-state index contributed by atoms with van der Waals surface area (Å²) >= 11 is 6.11. The van der Waals surface area contributed by atoms with Crippen LogP contribution in [0.1, 0.15) is 61.6 Å². The van der Waals surface area contributed by atoms with Crippen LogP contribution in [0, 0.1) is 0 Å². The van der Waals surface area contributed by atoms with E-state index in [0.29, 0.717) is 42.8 Å². The lowest BCUT2D eigenvalue weighted by molar-refractivity contribution is -0.190. The van der Waals surface area contributed by atoms with Crippen LogP contribution < -0.4 is 4.74 Å². The van der Waals surface area contributed by atoms with Gasteiger partial charge in [0.2, 0.25) is 5.88 Å². The first kappa shape index (κ1) is 23.0. The number of hydrogen-bond acceptors (Lipinski definition) is 5. The second-order valence-corrected chi connectivity index (χ2v) is 8.89. The van der Waals surface area contributed by atoms with Gasteiger partial charge >= 0.3 is 0 Å². The van der Waals surface area contributed by atoms with Gasteiger partial charge < -0.3 is 19.1 Å². The number of carbonyl (C=O) groups excluding carboxylic acids is 1. The predicted octanol–water partition coefficient (Wildman–Crippen LogP) is 5.07. The van der Waals surface area contributed by atoms with E-state index < -0.39 is 0 Å². The summed E-state index contributed by atoms with van der Waals surface area (Å²) in [5.41, 5.74) is 1.31. The van der Waals surface area contributed by atoms with Crippen molar-refractivity contribution in [3.63, 3.8) is 0 Å². The molecule has 3 heterocycles. The Hall–Kier alpha value is -2.15. The summed E-state index contributed by atoms with van der Waals surface area (Å²) < 4.78 is 18.3. The van der Waals surface area contributed by atoms with Gasteiger partial charge in [0, 0.05) is 38.7 Å². The monoisotopic (exact) mass is 458 g/mol. The van der Waals surface area contributed by atoms with E-state index in [2.05, 4.69) is 17.1 Å². The molecule has 2 aliphatic rings. The van der Waals surface area contributed by atoms with Gasteiger partial charge in [-0.15, -0.1) is 0 Å². The average molecular weight is 459 g/mol. The highest BCUT2D eigenvalue weighted by molar-refractivity contribution is 6.30. The Balaban J connectivity index is 1.49. The fourth-order valence-electron chi connectivity index (χ4n) is 4.81. The van der Waals surface area contributed by atoms with Crippen molar-refractivity contribution < 1.29 is 19.0 Å². The zero-order valence-electron chi connectivity index (χ0n) is 18.8. The summed E-state index contributed by atoms with van der Waals surface area (Å²) in [6, 6.07) is 12.0. The molecule has 2 saturated heterocycles. The molecule has 2 aromatic rings. The summed E-state index contributed by atoms with van der Waals surface area (Å²) in [5, 5.41) is 0.422. The number of hydrogen-bond donors (Lipinski definition) is 0. The molecule has 1 aromatic heterocycles. The third-order valence-electron chi connectivity index (χ3n) is 6.33. The van der Waals surface area contributed by atoms with Crippen molar-refractivity contribution in [2.24, 2.45) is 0 Å². The first-order chi connectivity index (χ1) is 15.5. The number of ether oxygens (including phenoxy) is 3. The number of likely N-dealkylation sites (tertiary alicyclic amines) is 1. The minimum atomic E-state index is -0.287. The van der Waals surface area contributed by atoms with Gasteiger partial charge in [0.15, 0.2) is 0 Å². The molecule has 0 unspecified atom stereocenters. The molecule has 0 saturated carbocycles. The molecule has 172 valence electrons. The highest BCUT2D eigenvalue weighted by atomic mass is 35.5. The number of nitrogens with zero attached hydrogens (tertiary/aromatic N) is 2. The van der Waals surface area contributed by atoms with E-state index in [0.717, 1.165) is 25.7 Å². The topological polar surface area (TPSA) is 60.9 Å². The van der Waals surface area contributed by atoms with E-state index in [1.807, 2.05) is 36.9 Å². The quantitative estimate of drug-likeness (QED) is 0.605. The molecule has 0 N–H and O–H groups in total. The highest BCUT2D eigenvalue weighted by Crippen LogP contribution is 2.44. The van der Waals surface area contributed by atoms with Crippen LogP contribution in [0.3, 0.4) is 0 Å². The van der Waals surface area contributed by atoms with Crippen LogP contribution in [0.15, 0.2) is 42.6 Å². The largest absolute Gasteiger partial charge is 0.477 e. The molecule has 7 heteroatoms. The third kappa shape index (κ3) is 5.08. The molecular weight excluding hydrogens is 428 g/mol. The van der Waals surface area contributed by atoms with Crippen LogP contribution in [-0.2, 0) is 9.47 Å². The number of halogens is 1. The number of pyridine rings is 1. The van der Waals surface area contributed by atoms with Crippen molar-refractivity contribution in [3.05, 3.63) is 58.7 Å². The summed E-state index contributed by atoms with van der Waals surface area (Å²) in [6.07, 6.45) is 4.91. The van der Waals surface area contributed by atoms with Gasteiger partial charge in [0.25, 0.3) is 5.91 Å². The molecule has 2 atom stereocenters. The smallest absolute Gasteiger partial charge is 0.259 e. The number of rotatable bonds is 6. The van der Waals surface area contributed by atoms with Gasteiger partial charge in [-0.05, 0) is 38.3 Å². The maximum Gasteiger partial charge on any atom is 0.259 e. The molecule has 0 aliphatic carbocycles. The maximum absolute atomic E-state index is 13.3. The van der Waals surface area contributed by atoms with Crippen LogP contribution >= 0.6 is 11.6 Å². The van der Waals surface area contributed by atoms with Crippen LogP contribution in [0.5, 0.6) is 5.88 Å². The number of aromatic nitrogens is 1. The molecule has 1 aromatic carbocycles. The summed E-state index contributed by atoms with van der Waals surface area (Å²) in [4.78, 5) is 19.3. The summed E-state index contributed by atoms with van der Waals surface area (Å²) in [6.45, 7) is 6.25. The van der Waals surface area contributed by atoms with Gasteiger partial charge in [-0.3, -0.25) is 4.79 Å². The predicted molar refractivity (Wildman–Crippen MR) is 123 cm³/mol. The number of amides is 1. The average Bonchev–Trinajstić information content (AvgIpc) is 2.81. The molecule has 2 fully saturated rings. The van der Waals surface area contributed by atoms with Crippen LogP contribution in [0.25, 0.3) is 0 Å². The molecule has 0 radical (unpaired) electrons. The van der Waals surface area contributed by atoms with Crippen LogP contribution in [0.2, 0.25) is 5.02 Å². The summed E-state index contributed by atoms with van der Waals surface area (Å²) in [7, 11) is 0. The molecule has 1 spiro atoms. The SMILES string of the molecule is CCOc1ncc(Cl)cc1C(=O)N1CCC2(CC1)C[C@@H](OCC)C[C@@H](c1ccccc1)O2.